The third-order valence-electron chi connectivity index (χ3n) is 2.80. The molecule has 0 aliphatic heterocycles. The van der Waals surface area contributed by atoms with E-state index in [0.717, 1.165) is 12.5 Å². The molecule has 0 aliphatic carbocycles. The van der Waals surface area contributed by atoms with E-state index in [4.69, 9.17) is 0 Å². The SMILES string of the molecule is CC(C)CCc1cc(F)cc2[nH]c(=O)oc(=O)c12. The van der Waals surface area contributed by atoms with Gasteiger partial charge in [0.15, 0.2) is 0 Å². The average molecular weight is 251 g/mol. The fourth-order valence-corrected chi connectivity index (χ4v) is 1.91. The lowest BCUT2D eigenvalue weighted by molar-refractivity contribution is 0.459. The zero-order chi connectivity index (χ0) is 13.3. The van der Waals surface area contributed by atoms with E-state index in [1.54, 1.807) is 0 Å². The minimum atomic E-state index is -0.868. The summed E-state index contributed by atoms with van der Waals surface area (Å²) in [5.41, 5.74) is 0.0474. The molecule has 2 aromatic rings. The lowest BCUT2D eigenvalue weighted by Gasteiger charge is -2.07. The van der Waals surface area contributed by atoms with Gasteiger partial charge in [0.05, 0.1) is 10.9 Å². The Balaban J connectivity index is 2.64. The van der Waals surface area contributed by atoms with Crippen LogP contribution < -0.4 is 11.4 Å². The second-order valence-corrected chi connectivity index (χ2v) is 4.72. The van der Waals surface area contributed by atoms with Crippen molar-refractivity contribution in [1.82, 2.24) is 4.98 Å². The molecule has 0 radical (unpaired) electrons. The molecule has 0 amide bonds. The Labute approximate surface area is 102 Å². The van der Waals surface area contributed by atoms with Crippen LogP contribution in [0, 0.1) is 11.7 Å². The highest BCUT2D eigenvalue weighted by Crippen LogP contribution is 2.18. The van der Waals surface area contributed by atoms with E-state index >= 15 is 0 Å². The molecule has 0 fully saturated rings. The Hall–Kier alpha value is -1.91. The van der Waals surface area contributed by atoms with E-state index in [1.807, 2.05) is 13.8 Å². The molecule has 0 saturated heterocycles. The fourth-order valence-electron chi connectivity index (χ4n) is 1.91. The molecule has 0 aliphatic rings. The van der Waals surface area contributed by atoms with Crippen LogP contribution in [-0.2, 0) is 6.42 Å². The number of fused-ring (bicyclic) bond motifs is 1. The Bertz CT molecular complexity index is 685. The number of aromatic amines is 1. The van der Waals surface area contributed by atoms with Gasteiger partial charge in [0.2, 0.25) is 0 Å². The number of benzene rings is 1. The highest BCUT2D eigenvalue weighted by atomic mass is 19.1. The first-order valence-electron chi connectivity index (χ1n) is 5.83. The Morgan fingerprint density at radius 2 is 2.06 bits per heavy atom. The number of aryl methyl sites for hydroxylation is 1. The van der Waals surface area contributed by atoms with Gasteiger partial charge in [0.1, 0.15) is 5.82 Å². The van der Waals surface area contributed by atoms with Crippen molar-refractivity contribution < 1.29 is 8.81 Å². The molecule has 2 rings (SSSR count). The molecular weight excluding hydrogens is 237 g/mol. The Kier molecular flexibility index (Phi) is 3.32. The first-order chi connectivity index (χ1) is 8.47. The van der Waals surface area contributed by atoms with Gasteiger partial charge in [-0.25, -0.2) is 14.0 Å². The number of halogens is 1. The molecule has 0 saturated carbocycles. The summed E-state index contributed by atoms with van der Waals surface area (Å²) in [5, 5.41) is 0.261. The second kappa shape index (κ2) is 4.76. The van der Waals surface area contributed by atoms with Gasteiger partial charge in [-0.3, -0.25) is 4.98 Å². The molecule has 1 heterocycles. The van der Waals surface area contributed by atoms with Gasteiger partial charge >= 0.3 is 11.4 Å². The summed E-state index contributed by atoms with van der Waals surface area (Å²) in [7, 11) is 0. The van der Waals surface area contributed by atoms with Crippen molar-refractivity contribution in [3.63, 3.8) is 0 Å². The Morgan fingerprint density at radius 1 is 1.33 bits per heavy atom. The zero-order valence-corrected chi connectivity index (χ0v) is 10.2. The van der Waals surface area contributed by atoms with Gasteiger partial charge in [-0.05, 0) is 36.5 Å². The van der Waals surface area contributed by atoms with Gasteiger partial charge in [-0.15, -0.1) is 0 Å². The van der Waals surface area contributed by atoms with E-state index < -0.39 is 17.2 Å². The number of hydrogen-bond donors (Lipinski definition) is 1. The molecule has 0 spiro atoms. The van der Waals surface area contributed by atoms with Crippen molar-refractivity contribution in [2.24, 2.45) is 5.92 Å². The summed E-state index contributed by atoms with van der Waals surface area (Å²) in [6.45, 7) is 4.09. The van der Waals surface area contributed by atoms with E-state index in [9.17, 15) is 14.0 Å². The van der Waals surface area contributed by atoms with Crippen molar-refractivity contribution in [2.45, 2.75) is 26.7 Å². The normalized spacial score (nSPS) is 11.3. The third-order valence-corrected chi connectivity index (χ3v) is 2.80. The predicted molar refractivity (Wildman–Crippen MR) is 66.2 cm³/mol. The number of rotatable bonds is 3. The van der Waals surface area contributed by atoms with E-state index in [1.165, 1.54) is 6.07 Å². The summed E-state index contributed by atoms with van der Waals surface area (Å²) < 4.78 is 17.9. The quantitative estimate of drug-likeness (QED) is 0.909. The molecule has 4 nitrogen and oxygen atoms in total. The first-order valence-corrected chi connectivity index (χ1v) is 5.83. The minimum absolute atomic E-state index is 0.190. The number of hydrogen-bond acceptors (Lipinski definition) is 3. The predicted octanol–water partition coefficient (Wildman–Crippen LogP) is 2.21. The molecule has 5 heteroatoms. The van der Waals surface area contributed by atoms with Crippen LogP contribution in [0.25, 0.3) is 10.9 Å². The monoisotopic (exact) mass is 251 g/mol. The van der Waals surface area contributed by atoms with Crippen molar-refractivity contribution in [3.05, 3.63) is 44.5 Å². The number of nitrogens with one attached hydrogen (secondary N) is 1. The molecule has 1 N–H and O–H groups in total. The second-order valence-electron chi connectivity index (χ2n) is 4.72. The van der Waals surface area contributed by atoms with Gasteiger partial charge < -0.3 is 4.42 Å². The summed E-state index contributed by atoms with van der Waals surface area (Å²) in [5.74, 6) is -0.895. The maximum absolute atomic E-state index is 13.4. The largest absolute Gasteiger partial charge is 0.419 e. The van der Waals surface area contributed by atoms with Gasteiger partial charge in [0, 0.05) is 0 Å². The molecule has 0 bridgehead atoms. The maximum atomic E-state index is 13.4. The summed E-state index contributed by atoms with van der Waals surface area (Å²) in [6.07, 6.45) is 1.40. The molecule has 96 valence electrons. The van der Waals surface area contributed by atoms with E-state index in [0.29, 0.717) is 17.9 Å². The van der Waals surface area contributed by atoms with Gasteiger partial charge in [0.25, 0.3) is 0 Å². The van der Waals surface area contributed by atoms with Crippen LogP contribution in [0.1, 0.15) is 25.8 Å². The van der Waals surface area contributed by atoms with Crippen molar-refractivity contribution >= 4 is 10.9 Å². The van der Waals surface area contributed by atoms with Crippen molar-refractivity contribution in [2.75, 3.05) is 0 Å². The van der Waals surface area contributed by atoms with Crippen LogP contribution in [0.2, 0.25) is 0 Å². The number of aromatic nitrogens is 1. The van der Waals surface area contributed by atoms with Crippen LogP contribution >= 0.6 is 0 Å². The van der Waals surface area contributed by atoms with Gasteiger partial charge in [-0.2, -0.15) is 0 Å². The zero-order valence-electron chi connectivity index (χ0n) is 10.2. The standard InChI is InChI=1S/C13H14FNO3/c1-7(2)3-4-8-5-9(14)6-10-11(8)12(16)18-13(17)15-10/h5-7H,3-4H2,1-2H3,(H,15,17). The van der Waals surface area contributed by atoms with E-state index in [2.05, 4.69) is 9.40 Å². The van der Waals surface area contributed by atoms with Crippen molar-refractivity contribution in [1.29, 1.82) is 0 Å². The fraction of sp³-hybridized carbons (Fsp3) is 0.385. The van der Waals surface area contributed by atoms with Crippen LogP contribution in [0.3, 0.4) is 0 Å². The van der Waals surface area contributed by atoms with Crippen LogP contribution in [0.5, 0.6) is 0 Å². The third kappa shape index (κ3) is 2.50. The summed E-state index contributed by atoms with van der Waals surface area (Å²) in [6, 6.07) is 2.45. The molecule has 18 heavy (non-hydrogen) atoms. The van der Waals surface area contributed by atoms with Crippen LogP contribution in [0.15, 0.2) is 26.1 Å². The first kappa shape index (κ1) is 12.5. The highest BCUT2D eigenvalue weighted by molar-refractivity contribution is 5.80. The minimum Gasteiger partial charge on any atom is -0.372 e. The number of H-pyrrole nitrogens is 1. The lowest BCUT2D eigenvalue weighted by atomic mass is 10.00. The molecular formula is C13H14FNO3. The molecule has 1 aromatic heterocycles. The molecule has 1 aromatic carbocycles. The Morgan fingerprint density at radius 3 is 2.72 bits per heavy atom. The summed E-state index contributed by atoms with van der Waals surface area (Å²) in [4.78, 5) is 25.1. The highest BCUT2D eigenvalue weighted by Gasteiger charge is 2.11. The topological polar surface area (TPSA) is 63.1 Å². The van der Waals surface area contributed by atoms with Gasteiger partial charge in [-0.1, -0.05) is 13.8 Å². The lowest BCUT2D eigenvalue weighted by Crippen LogP contribution is -2.16. The maximum Gasteiger partial charge on any atom is 0.419 e. The smallest absolute Gasteiger partial charge is 0.372 e. The van der Waals surface area contributed by atoms with Crippen molar-refractivity contribution in [3.8, 4) is 0 Å². The average Bonchev–Trinajstić information content (AvgIpc) is 2.24. The molecule has 0 unspecified atom stereocenters. The van der Waals surface area contributed by atoms with Crippen LogP contribution in [-0.4, -0.2) is 4.98 Å². The molecule has 0 atom stereocenters. The van der Waals surface area contributed by atoms with Crippen LogP contribution in [0.4, 0.5) is 4.39 Å². The summed E-state index contributed by atoms with van der Waals surface area (Å²) >= 11 is 0. The van der Waals surface area contributed by atoms with E-state index in [-0.39, 0.29) is 10.9 Å².